The maximum absolute atomic E-state index is 12.5. The van der Waals surface area contributed by atoms with Gasteiger partial charge in [0.25, 0.3) is 0 Å². The molecule has 2 aliphatic rings. The van der Waals surface area contributed by atoms with E-state index in [-0.39, 0.29) is 24.8 Å². The van der Waals surface area contributed by atoms with Gasteiger partial charge in [-0.1, -0.05) is 121 Å². The molecule has 268 valence electrons. The van der Waals surface area contributed by atoms with Crippen LogP contribution in [0.3, 0.4) is 0 Å². The van der Waals surface area contributed by atoms with Crippen molar-refractivity contribution in [3.05, 3.63) is 167 Å². The highest BCUT2D eigenvalue weighted by Gasteiger charge is 2.34. The molecule has 0 radical (unpaired) electrons. The first-order valence-electron chi connectivity index (χ1n) is 18.3. The Balaban J connectivity index is 1.01. The molecule has 3 atom stereocenters. The molecule has 2 amide bonds. The Hall–Kier alpha value is -4.83. The summed E-state index contributed by atoms with van der Waals surface area (Å²) in [6, 6.07) is 45.1. The Bertz CT molecular complexity index is 1860. The fourth-order valence-corrected chi connectivity index (χ4v) is 7.04. The van der Waals surface area contributed by atoms with E-state index in [1.54, 1.807) is 0 Å². The van der Waals surface area contributed by atoms with E-state index < -0.39 is 6.29 Å². The van der Waals surface area contributed by atoms with E-state index in [0.29, 0.717) is 13.1 Å². The minimum atomic E-state index is -0.529. The Morgan fingerprint density at radius 3 is 1.94 bits per heavy atom. The molecule has 7 rings (SSSR count). The van der Waals surface area contributed by atoms with Gasteiger partial charge in [-0.15, -0.1) is 0 Å². The summed E-state index contributed by atoms with van der Waals surface area (Å²) in [6.07, 6.45) is 0.0843. The van der Waals surface area contributed by atoms with E-state index in [1.165, 1.54) is 5.56 Å². The minimum Gasteiger partial charge on any atom is -0.392 e. The van der Waals surface area contributed by atoms with Gasteiger partial charge < -0.3 is 25.2 Å². The third-order valence-corrected chi connectivity index (χ3v) is 9.96. The average molecular weight is 697 g/mol. The second-order valence-corrected chi connectivity index (χ2v) is 13.8. The van der Waals surface area contributed by atoms with Gasteiger partial charge in [-0.05, 0) is 51.1 Å². The molecule has 0 saturated carbocycles. The van der Waals surface area contributed by atoms with Gasteiger partial charge in [0.15, 0.2) is 6.29 Å². The van der Waals surface area contributed by atoms with Gasteiger partial charge in [-0.2, -0.15) is 0 Å². The van der Waals surface area contributed by atoms with Crippen molar-refractivity contribution in [3.63, 3.8) is 0 Å². The van der Waals surface area contributed by atoms with E-state index >= 15 is 0 Å². The molecule has 0 bridgehead atoms. The van der Waals surface area contributed by atoms with Gasteiger partial charge in [0.05, 0.1) is 18.8 Å². The first-order chi connectivity index (χ1) is 25.6. The Labute approximate surface area is 307 Å². The highest BCUT2D eigenvalue weighted by Crippen LogP contribution is 2.39. The van der Waals surface area contributed by atoms with Crippen LogP contribution in [0.1, 0.15) is 52.2 Å². The van der Waals surface area contributed by atoms with Crippen LogP contribution >= 0.6 is 0 Å². The molecule has 52 heavy (non-hydrogen) atoms. The van der Waals surface area contributed by atoms with Crippen molar-refractivity contribution in [2.24, 2.45) is 0 Å². The van der Waals surface area contributed by atoms with Crippen LogP contribution in [-0.2, 0) is 35.7 Å². The standard InChI is InChI=1S/C44H48N4O4/c49-32-35-17-19-37(20-18-35)42-27-41(31-48-23-21-47(22-24-48)30-34-11-5-2-6-12-34)51-43(52-42)40-16-8-15-39(26-40)38-14-7-13-36(25-38)29-46-44(50)45-28-33-9-3-1-4-10-33/h1-20,25-26,41-43,49H,21-24,27-32H2,(H2,45,46,50). The lowest BCUT2D eigenvalue weighted by Gasteiger charge is -2.41. The number of rotatable bonds is 12. The smallest absolute Gasteiger partial charge is 0.315 e. The largest absolute Gasteiger partial charge is 0.392 e. The zero-order chi connectivity index (χ0) is 35.5. The van der Waals surface area contributed by atoms with Crippen LogP contribution in [0.25, 0.3) is 11.1 Å². The molecular formula is C44H48N4O4. The number of hydrogen-bond acceptors (Lipinski definition) is 6. The van der Waals surface area contributed by atoms with Crippen LogP contribution < -0.4 is 10.6 Å². The first-order valence-corrected chi connectivity index (χ1v) is 18.3. The molecule has 3 N–H and O–H groups in total. The van der Waals surface area contributed by atoms with E-state index in [4.69, 9.17) is 9.47 Å². The van der Waals surface area contributed by atoms with Crippen molar-refractivity contribution in [2.75, 3.05) is 32.7 Å². The fraction of sp³-hybridized carbons (Fsp3) is 0.295. The summed E-state index contributed by atoms with van der Waals surface area (Å²) < 4.78 is 13.5. The van der Waals surface area contributed by atoms with Gasteiger partial charge in [-0.25, -0.2) is 4.79 Å². The van der Waals surface area contributed by atoms with Crippen molar-refractivity contribution < 1.29 is 19.4 Å². The predicted octanol–water partition coefficient (Wildman–Crippen LogP) is 7.21. The molecule has 0 spiro atoms. The summed E-state index contributed by atoms with van der Waals surface area (Å²) in [6.45, 7) is 6.81. The number of ether oxygens (including phenoxy) is 2. The molecular weight excluding hydrogens is 649 g/mol. The number of carbonyl (C=O) groups excluding carboxylic acids is 1. The zero-order valence-corrected chi connectivity index (χ0v) is 29.6. The number of urea groups is 1. The van der Waals surface area contributed by atoms with E-state index in [2.05, 4.69) is 99.3 Å². The number of aliphatic hydroxyl groups excluding tert-OH is 1. The zero-order valence-electron chi connectivity index (χ0n) is 29.6. The number of piperazine rings is 1. The maximum atomic E-state index is 12.5. The third-order valence-electron chi connectivity index (χ3n) is 9.96. The summed E-state index contributed by atoms with van der Waals surface area (Å²) in [5.41, 5.74) is 8.48. The van der Waals surface area contributed by atoms with Crippen LogP contribution in [0.4, 0.5) is 4.79 Å². The lowest BCUT2D eigenvalue weighted by molar-refractivity contribution is -0.253. The predicted molar refractivity (Wildman–Crippen MR) is 204 cm³/mol. The maximum Gasteiger partial charge on any atom is 0.315 e. The lowest BCUT2D eigenvalue weighted by Crippen LogP contribution is -2.49. The number of amides is 2. The minimum absolute atomic E-state index is 0.00645. The molecule has 2 saturated heterocycles. The van der Waals surface area contributed by atoms with Gasteiger partial charge in [0, 0.05) is 64.3 Å². The lowest BCUT2D eigenvalue weighted by atomic mass is 9.98. The Morgan fingerprint density at radius 1 is 0.615 bits per heavy atom. The highest BCUT2D eigenvalue weighted by molar-refractivity contribution is 5.74. The average Bonchev–Trinajstić information content (AvgIpc) is 3.21. The number of hydrogen-bond donors (Lipinski definition) is 3. The normalized spacial score (nSPS) is 19.6. The van der Waals surface area contributed by atoms with Gasteiger partial charge in [0.2, 0.25) is 0 Å². The van der Waals surface area contributed by atoms with E-state index in [9.17, 15) is 9.90 Å². The third kappa shape index (κ3) is 9.73. The number of benzene rings is 5. The van der Waals surface area contributed by atoms with Gasteiger partial charge in [0.1, 0.15) is 0 Å². The summed E-state index contributed by atoms with van der Waals surface area (Å²) in [5.74, 6) is 0. The van der Waals surface area contributed by atoms with E-state index in [0.717, 1.165) is 84.6 Å². The van der Waals surface area contributed by atoms with Crippen molar-refractivity contribution in [2.45, 2.75) is 51.2 Å². The molecule has 2 heterocycles. The summed E-state index contributed by atoms with van der Waals surface area (Å²) in [5, 5.41) is 15.5. The molecule has 2 aliphatic heterocycles. The van der Waals surface area contributed by atoms with E-state index in [1.807, 2.05) is 54.6 Å². The monoisotopic (exact) mass is 696 g/mol. The SMILES string of the molecule is O=C(NCc1ccccc1)NCc1cccc(-c2cccc(C3OC(CN4CCN(Cc5ccccc5)CC4)CC(c4ccc(CO)cc4)O3)c2)c1. The molecule has 3 unspecified atom stereocenters. The van der Waals surface area contributed by atoms with Gasteiger partial charge >= 0.3 is 6.03 Å². The quantitative estimate of drug-likeness (QED) is 0.128. The van der Waals surface area contributed by atoms with Crippen molar-refractivity contribution in [1.29, 1.82) is 0 Å². The fourth-order valence-electron chi connectivity index (χ4n) is 7.04. The van der Waals surface area contributed by atoms with Crippen molar-refractivity contribution >= 4 is 6.03 Å². The molecule has 2 fully saturated rings. The van der Waals surface area contributed by atoms with Crippen LogP contribution in [0.2, 0.25) is 0 Å². The second kappa shape index (κ2) is 17.6. The molecule has 5 aromatic rings. The number of nitrogens with one attached hydrogen (secondary N) is 2. The van der Waals surface area contributed by atoms with Crippen molar-refractivity contribution in [3.8, 4) is 11.1 Å². The molecule has 8 heteroatoms. The van der Waals surface area contributed by atoms with Crippen LogP contribution in [0.15, 0.2) is 133 Å². The number of nitrogens with zero attached hydrogens (tertiary/aromatic N) is 2. The second-order valence-electron chi connectivity index (χ2n) is 13.8. The molecule has 8 nitrogen and oxygen atoms in total. The van der Waals surface area contributed by atoms with Crippen LogP contribution in [0.5, 0.6) is 0 Å². The molecule has 0 aromatic heterocycles. The van der Waals surface area contributed by atoms with Gasteiger partial charge in [-0.3, -0.25) is 9.80 Å². The molecule has 0 aliphatic carbocycles. The topological polar surface area (TPSA) is 86.3 Å². The van der Waals surface area contributed by atoms with Crippen LogP contribution in [0, 0.1) is 0 Å². The Kier molecular flexibility index (Phi) is 12.0. The summed E-state index contributed by atoms with van der Waals surface area (Å²) in [7, 11) is 0. The molecule has 5 aromatic carbocycles. The number of aliphatic hydroxyl groups is 1. The van der Waals surface area contributed by atoms with Crippen LogP contribution in [-0.4, -0.2) is 59.8 Å². The van der Waals surface area contributed by atoms with Crippen molar-refractivity contribution in [1.82, 2.24) is 20.4 Å². The Morgan fingerprint density at radius 2 is 1.23 bits per heavy atom. The number of carbonyl (C=O) groups is 1. The first kappa shape index (κ1) is 35.6. The summed E-state index contributed by atoms with van der Waals surface area (Å²) in [4.78, 5) is 17.5. The highest BCUT2D eigenvalue weighted by atomic mass is 16.7. The summed E-state index contributed by atoms with van der Waals surface area (Å²) >= 11 is 0.